The highest BCUT2D eigenvalue weighted by atomic mass is 16.5. The molecule has 0 fully saturated rings. The standard InChI is InChI=1S/C14H13N5O/c1-10-7-8-11(15)9-13(10)20-14-16-17-18-19(14)12-5-3-2-4-6-12/h2-9H,15H2,1H3. The first-order chi connectivity index (χ1) is 9.74. The molecule has 1 heterocycles. The molecular weight excluding hydrogens is 254 g/mol. The minimum Gasteiger partial charge on any atom is -0.423 e. The van der Waals surface area contributed by atoms with Crippen LogP contribution in [0.25, 0.3) is 5.69 Å². The molecule has 0 aliphatic carbocycles. The number of anilines is 1. The Labute approximate surface area is 115 Å². The Bertz CT molecular complexity index is 723. The van der Waals surface area contributed by atoms with Gasteiger partial charge in [-0.15, -0.1) is 0 Å². The summed E-state index contributed by atoms with van der Waals surface area (Å²) in [6.07, 6.45) is 0. The fourth-order valence-corrected chi connectivity index (χ4v) is 1.80. The van der Waals surface area contributed by atoms with E-state index < -0.39 is 0 Å². The summed E-state index contributed by atoms with van der Waals surface area (Å²) in [5.41, 5.74) is 8.18. The first-order valence-corrected chi connectivity index (χ1v) is 6.12. The molecule has 1 aromatic heterocycles. The zero-order valence-electron chi connectivity index (χ0n) is 10.9. The summed E-state index contributed by atoms with van der Waals surface area (Å²) in [5.74, 6) is 0.636. The lowest BCUT2D eigenvalue weighted by Crippen LogP contribution is -2.01. The molecule has 20 heavy (non-hydrogen) atoms. The molecule has 0 saturated carbocycles. The van der Waals surface area contributed by atoms with Gasteiger partial charge >= 0.3 is 6.01 Å². The number of nitrogen functional groups attached to an aromatic ring is 1. The van der Waals surface area contributed by atoms with Crippen LogP contribution in [-0.4, -0.2) is 20.2 Å². The van der Waals surface area contributed by atoms with Gasteiger partial charge in [-0.25, -0.2) is 0 Å². The van der Waals surface area contributed by atoms with Gasteiger partial charge in [0.1, 0.15) is 5.75 Å². The number of rotatable bonds is 3. The van der Waals surface area contributed by atoms with Gasteiger partial charge in [0.2, 0.25) is 0 Å². The molecule has 0 spiro atoms. The molecule has 0 radical (unpaired) electrons. The third-order valence-corrected chi connectivity index (χ3v) is 2.86. The van der Waals surface area contributed by atoms with Crippen LogP contribution in [0.4, 0.5) is 5.69 Å². The molecule has 0 aliphatic rings. The quantitative estimate of drug-likeness (QED) is 0.737. The number of hydrogen-bond acceptors (Lipinski definition) is 5. The molecule has 2 aromatic carbocycles. The second-order valence-corrected chi connectivity index (χ2v) is 4.34. The van der Waals surface area contributed by atoms with Crippen molar-refractivity contribution < 1.29 is 4.74 Å². The summed E-state index contributed by atoms with van der Waals surface area (Å²) >= 11 is 0. The maximum absolute atomic E-state index is 5.77. The highest BCUT2D eigenvalue weighted by molar-refractivity contribution is 5.48. The topological polar surface area (TPSA) is 78.8 Å². The number of tetrazole rings is 1. The minimum absolute atomic E-state index is 0.296. The van der Waals surface area contributed by atoms with Gasteiger partial charge < -0.3 is 10.5 Å². The van der Waals surface area contributed by atoms with Crippen molar-refractivity contribution in [2.75, 3.05) is 5.73 Å². The van der Waals surface area contributed by atoms with Crippen LogP contribution in [0.3, 0.4) is 0 Å². The predicted octanol–water partition coefficient (Wildman–Crippen LogP) is 2.35. The van der Waals surface area contributed by atoms with E-state index in [0.29, 0.717) is 17.4 Å². The van der Waals surface area contributed by atoms with E-state index in [9.17, 15) is 0 Å². The molecule has 0 saturated heterocycles. The SMILES string of the molecule is Cc1ccc(N)cc1Oc1nnnn1-c1ccccc1. The number of para-hydroxylation sites is 1. The van der Waals surface area contributed by atoms with E-state index in [1.165, 1.54) is 4.68 Å². The summed E-state index contributed by atoms with van der Waals surface area (Å²) in [7, 11) is 0. The second kappa shape index (κ2) is 5.00. The zero-order chi connectivity index (χ0) is 13.9. The normalized spacial score (nSPS) is 10.4. The summed E-state index contributed by atoms with van der Waals surface area (Å²) in [6.45, 7) is 1.94. The molecule has 0 unspecified atom stereocenters. The van der Waals surface area contributed by atoms with Crippen LogP contribution in [0.5, 0.6) is 11.8 Å². The Morgan fingerprint density at radius 2 is 1.90 bits per heavy atom. The lowest BCUT2D eigenvalue weighted by molar-refractivity contribution is 0.424. The molecular formula is C14H13N5O. The van der Waals surface area contributed by atoms with Crippen LogP contribution >= 0.6 is 0 Å². The largest absolute Gasteiger partial charge is 0.423 e. The van der Waals surface area contributed by atoms with E-state index in [1.807, 2.05) is 49.4 Å². The Morgan fingerprint density at radius 3 is 2.70 bits per heavy atom. The predicted molar refractivity (Wildman–Crippen MR) is 74.8 cm³/mol. The van der Waals surface area contributed by atoms with Crippen molar-refractivity contribution in [1.29, 1.82) is 0 Å². The number of aryl methyl sites for hydroxylation is 1. The van der Waals surface area contributed by atoms with Crippen LogP contribution in [0.1, 0.15) is 5.56 Å². The Balaban J connectivity index is 1.97. The fourth-order valence-electron chi connectivity index (χ4n) is 1.80. The van der Waals surface area contributed by atoms with Crippen LogP contribution in [0.15, 0.2) is 48.5 Å². The maximum atomic E-state index is 5.77. The van der Waals surface area contributed by atoms with Crippen molar-refractivity contribution in [1.82, 2.24) is 20.2 Å². The smallest absolute Gasteiger partial charge is 0.345 e. The molecule has 0 aliphatic heterocycles. The number of ether oxygens (including phenoxy) is 1. The molecule has 3 aromatic rings. The average molecular weight is 267 g/mol. The van der Waals surface area contributed by atoms with E-state index in [4.69, 9.17) is 10.5 Å². The lowest BCUT2D eigenvalue weighted by atomic mass is 10.2. The molecule has 0 amide bonds. The highest BCUT2D eigenvalue weighted by Crippen LogP contribution is 2.26. The monoisotopic (exact) mass is 267 g/mol. The summed E-state index contributed by atoms with van der Waals surface area (Å²) in [6, 6.07) is 15.3. The number of nitrogens with zero attached hydrogens (tertiary/aromatic N) is 4. The second-order valence-electron chi connectivity index (χ2n) is 4.34. The Morgan fingerprint density at radius 1 is 1.10 bits per heavy atom. The van der Waals surface area contributed by atoms with Crippen LogP contribution in [0, 0.1) is 6.92 Å². The molecule has 2 N–H and O–H groups in total. The van der Waals surface area contributed by atoms with Crippen molar-refractivity contribution in [2.24, 2.45) is 0 Å². The number of benzene rings is 2. The van der Waals surface area contributed by atoms with Crippen molar-refractivity contribution in [2.45, 2.75) is 6.92 Å². The summed E-state index contributed by atoms with van der Waals surface area (Å²) < 4.78 is 7.29. The third-order valence-electron chi connectivity index (χ3n) is 2.86. The van der Waals surface area contributed by atoms with Crippen LogP contribution in [0.2, 0.25) is 0 Å². The molecule has 100 valence electrons. The molecule has 0 atom stereocenters. The van der Waals surface area contributed by atoms with Crippen LogP contribution in [-0.2, 0) is 0 Å². The van der Waals surface area contributed by atoms with Crippen LogP contribution < -0.4 is 10.5 Å². The van der Waals surface area contributed by atoms with Gasteiger partial charge in [-0.05, 0) is 41.1 Å². The highest BCUT2D eigenvalue weighted by Gasteiger charge is 2.11. The third kappa shape index (κ3) is 2.31. The summed E-state index contributed by atoms with van der Waals surface area (Å²) in [4.78, 5) is 0. The molecule has 0 bridgehead atoms. The average Bonchev–Trinajstić information content (AvgIpc) is 2.92. The maximum Gasteiger partial charge on any atom is 0.345 e. The molecule has 3 rings (SSSR count). The number of hydrogen-bond donors (Lipinski definition) is 1. The Hall–Kier alpha value is -2.89. The van der Waals surface area contributed by atoms with Crippen molar-refractivity contribution in [3.63, 3.8) is 0 Å². The van der Waals surface area contributed by atoms with Crippen molar-refractivity contribution >= 4 is 5.69 Å². The molecule has 6 heteroatoms. The van der Waals surface area contributed by atoms with Gasteiger partial charge in [0.15, 0.2) is 0 Å². The van der Waals surface area contributed by atoms with Crippen molar-refractivity contribution in [3.05, 3.63) is 54.1 Å². The lowest BCUT2D eigenvalue weighted by Gasteiger charge is -2.08. The van der Waals surface area contributed by atoms with E-state index in [1.54, 1.807) is 6.07 Å². The fraction of sp³-hybridized carbons (Fsp3) is 0.0714. The first-order valence-electron chi connectivity index (χ1n) is 6.12. The van der Waals surface area contributed by atoms with E-state index in [-0.39, 0.29) is 0 Å². The van der Waals surface area contributed by atoms with Gasteiger partial charge in [-0.3, -0.25) is 0 Å². The number of aromatic nitrogens is 4. The van der Waals surface area contributed by atoms with Gasteiger partial charge in [0, 0.05) is 11.8 Å². The van der Waals surface area contributed by atoms with Gasteiger partial charge in [0.25, 0.3) is 0 Å². The molecule has 6 nitrogen and oxygen atoms in total. The number of nitrogens with two attached hydrogens (primary N) is 1. The van der Waals surface area contributed by atoms with Gasteiger partial charge in [-0.2, -0.15) is 4.68 Å². The minimum atomic E-state index is 0.296. The van der Waals surface area contributed by atoms with E-state index >= 15 is 0 Å². The van der Waals surface area contributed by atoms with Crippen molar-refractivity contribution in [3.8, 4) is 17.4 Å². The van der Waals surface area contributed by atoms with Gasteiger partial charge in [-0.1, -0.05) is 29.4 Å². The Kier molecular flexibility index (Phi) is 3.04. The summed E-state index contributed by atoms with van der Waals surface area (Å²) in [5, 5.41) is 11.5. The zero-order valence-corrected chi connectivity index (χ0v) is 10.9. The first kappa shape index (κ1) is 12.2. The van der Waals surface area contributed by atoms with E-state index in [0.717, 1.165) is 11.3 Å². The van der Waals surface area contributed by atoms with Gasteiger partial charge in [0.05, 0.1) is 5.69 Å². The van der Waals surface area contributed by atoms with E-state index in [2.05, 4.69) is 15.5 Å².